The van der Waals surface area contributed by atoms with Gasteiger partial charge in [0.25, 0.3) is 0 Å². The second kappa shape index (κ2) is 6.83. The fraction of sp³-hybridized carbons (Fsp3) is 0.250. The van der Waals surface area contributed by atoms with Crippen LogP contribution < -0.4 is 5.43 Å². The summed E-state index contributed by atoms with van der Waals surface area (Å²) in [7, 11) is 0. The molecule has 1 N–H and O–H groups in total. The summed E-state index contributed by atoms with van der Waals surface area (Å²) in [5, 5.41) is 9.86. The van der Waals surface area contributed by atoms with Gasteiger partial charge in [0.1, 0.15) is 11.3 Å². The molecule has 0 aliphatic carbocycles. The monoisotopic (exact) mass is 340 g/mol. The van der Waals surface area contributed by atoms with E-state index in [1.807, 2.05) is 44.4 Å². The van der Waals surface area contributed by atoms with E-state index in [-0.39, 0.29) is 18.0 Å². The molecule has 24 heavy (non-hydrogen) atoms. The Balaban J connectivity index is 2.35. The van der Waals surface area contributed by atoms with E-state index in [0.717, 1.165) is 16.0 Å². The Bertz CT molecular complexity index is 941. The lowest BCUT2D eigenvalue weighted by atomic mass is 9.96. The molecule has 0 atom stereocenters. The predicted molar refractivity (Wildman–Crippen MR) is 99.7 cm³/mol. The Kier molecular flexibility index (Phi) is 4.78. The lowest BCUT2D eigenvalue weighted by Crippen LogP contribution is -2.10. The third-order valence-corrected chi connectivity index (χ3v) is 4.77. The first-order valence-corrected chi connectivity index (χ1v) is 9.12. The second-order valence-corrected chi connectivity index (χ2v) is 6.93. The van der Waals surface area contributed by atoms with Crippen LogP contribution in [0.1, 0.15) is 31.1 Å². The van der Waals surface area contributed by atoms with Crippen LogP contribution in [0.4, 0.5) is 0 Å². The van der Waals surface area contributed by atoms with Crippen molar-refractivity contribution in [2.75, 3.05) is 6.26 Å². The number of thioether (sulfide) groups is 1. The van der Waals surface area contributed by atoms with Gasteiger partial charge in [-0.25, -0.2) is 0 Å². The van der Waals surface area contributed by atoms with Crippen LogP contribution in [0.2, 0.25) is 0 Å². The van der Waals surface area contributed by atoms with E-state index in [9.17, 15) is 9.90 Å². The molecule has 3 aromatic rings. The van der Waals surface area contributed by atoms with Gasteiger partial charge < -0.3 is 9.52 Å². The lowest BCUT2D eigenvalue weighted by molar-refractivity contribution is 0.282. The Morgan fingerprint density at radius 2 is 1.96 bits per heavy atom. The van der Waals surface area contributed by atoms with Gasteiger partial charge in [0.15, 0.2) is 0 Å². The predicted octanol–water partition coefficient (Wildman–Crippen LogP) is 4.80. The first-order valence-electron chi connectivity index (χ1n) is 7.90. The lowest BCUT2D eigenvalue weighted by Gasteiger charge is -2.14. The molecule has 0 bridgehead atoms. The maximum absolute atomic E-state index is 13.1. The smallest absolute Gasteiger partial charge is 0.200 e. The number of aliphatic hydroxyl groups is 1. The van der Waals surface area contributed by atoms with E-state index in [2.05, 4.69) is 0 Å². The number of benzene rings is 2. The first-order chi connectivity index (χ1) is 11.5. The first kappa shape index (κ1) is 16.8. The van der Waals surface area contributed by atoms with Gasteiger partial charge in [-0.3, -0.25) is 4.79 Å². The van der Waals surface area contributed by atoms with Crippen molar-refractivity contribution in [3.05, 3.63) is 64.0 Å². The molecular formula is C20H20O3S. The molecule has 1 heterocycles. The SMILES string of the molecule is CSc1cccc(-c2c(C(C)C)oc3cc(CO)ccc3c2=O)c1. The molecular weight excluding hydrogens is 320 g/mol. The maximum Gasteiger partial charge on any atom is 0.200 e. The molecule has 3 rings (SSSR count). The van der Waals surface area contributed by atoms with Crippen LogP contribution in [-0.2, 0) is 6.61 Å². The molecule has 0 aliphatic rings. The van der Waals surface area contributed by atoms with Crippen LogP contribution in [0.25, 0.3) is 22.1 Å². The fourth-order valence-electron chi connectivity index (χ4n) is 2.81. The van der Waals surface area contributed by atoms with Gasteiger partial charge in [-0.05, 0) is 41.6 Å². The molecule has 0 spiro atoms. The zero-order valence-corrected chi connectivity index (χ0v) is 14.8. The van der Waals surface area contributed by atoms with Crippen LogP contribution in [0.5, 0.6) is 0 Å². The molecule has 0 saturated carbocycles. The average Bonchev–Trinajstić information content (AvgIpc) is 2.60. The number of aliphatic hydroxyl groups excluding tert-OH is 1. The fourth-order valence-corrected chi connectivity index (χ4v) is 3.27. The van der Waals surface area contributed by atoms with E-state index in [1.165, 1.54) is 0 Å². The van der Waals surface area contributed by atoms with Crippen molar-refractivity contribution in [1.29, 1.82) is 0 Å². The highest BCUT2D eigenvalue weighted by atomic mass is 32.2. The van der Waals surface area contributed by atoms with Crippen molar-refractivity contribution in [2.24, 2.45) is 0 Å². The molecule has 0 saturated heterocycles. The maximum atomic E-state index is 13.1. The molecule has 0 radical (unpaired) electrons. The highest BCUT2D eigenvalue weighted by Gasteiger charge is 2.19. The summed E-state index contributed by atoms with van der Waals surface area (Å²) in [5.74, 6) is 0.758. The zero-order chi connectivity index (χ0) is 17.3. The van der Waals surface area contributed by atoms with Gasteiger partial charge in [-0.1, -0.05) is 32.0 Å². The minimum Gasteiger partial charge on any atom is -0.460 e. The van der Waals surface area contributed by atoms with E-state index >= 15 is 0 Å². The molecule has 0 fully saturated rings. The van der Waals surface area contributed by atoms with Crippen molar-refractivity contribution in [1.82, 2.24) is 0 Å². The van der Waals surface area contributed by atoms with Gasteiger partial charge in [0.05, 0.1) is 17.6 Å². The summed E-state index contributed by atoms with van der Waals surface area (Å²) in [5.41, 5.74) is 2.75. The number of rotatable bonds is 4. The largest absolute Gasteiger partial charge is 0.460 e. The molecule has 124 valence electrons. The number of fused-ring (bicyclic) bond motifs is 1. The highest BCUT2D eigenvalue weighted by Crippen LogP contribution is 2.31. The summed E-state index contributed by atoms with van der Waals surface area (Å²) in [6.45, 7) is 3.96. The van der Waals surface area contributed by atoms with E-state index < -0.39 is 0 Å². The van der Waals surface area contributed by atoms with E-state index in [0.29, 0.717) is 22.3 Å². The highest BCUT2D eigenvalue weighted by molar-refractivity contribution is 7.98. The molecule has 0 aliphatic heterocycles. The molecule has 0 amide bonds. The third-order valence-electron chi connectivity index (χ3n) is 4.05. The topological polar surface area (TPSA) is 50.4 Å². The summed E-state index contributed by atoms with van der Waals surface area (Å²) >= 11 is 1.65. The van der Waals surface area contributed by atoms with E-state index in [4.69, 9.17) is 4.42 Å². The summed E-state index contributed by atoms with van der Waals surface area (Å²) in [6.07, 6.45) is 2.02. The Labute approximate surface area is 145 Å². The zero-order valence-electron chi connectivity index (χ0n) is 14.0. The minimum absolute atomic E-state index is 0.0253. The molecule has 0 unspecified atom stereocenters. The summed E-state index contributed by atoms with van der Waals surface area (Å²) in [6, 6.07) is 13.2. The van der Waals surface area contributed by atoms with Crippen LogP contribution in [0.15, 0.2) is 56.6 Å². The van der Waals surface area contributed by atoms with Gasteiger partial charge in [0.2, 0.25) is 5.43 Å². The van der Waals surface area contributed by atoms with Crippen LogP contribution in [0, 0.1) is 0 Å². The Hall–Kier alpha value is -2.04. The molecule has 4 heteroatoms. The standard InChI is InChI=1S/C20H20O3S/c1-12(2)20-18(14-5-4-6-15(10-14)24-3)19(22)16-8-7-13(11-21)9-17(16)23-20/h4-10,12,21H,11H2,1-3H3. The number of hydrogen-bond acceptors (Lipinski definition) is 4. The van der Waals surface area contributed by atoms with E-state index in [1.54, 1.807) is 30.0 Å². The van der Waals surface area contributed by atoms with Crippen LogP contribution in [0.3, 0.4) is 0 Å². The van der Waals surface area contributed by atoms with Crippen LogP contribution in [-0.4, -0.2) is 11.4 Å². The molecule has 3 nitrogen and oxygen atoms in total. The van der Waals surface area contributed by atoms with Crippen molar-refractivity contribution >= 4 is 22.7 Å². The average molecular weight is 340 g/mol. The van der Waals surface area contributed by atoms with Crippen molar-refractivity contribution in [2.45, 2.75) is 31.3 Å². The molecule has 1 aromatic heterocycles. The van der Waals surface area contributed by atoms with Crippen LogP contribution >= 0.6 is 11.8 Å². The minimum atomic E-state index is -0.0752. The quantitative estimate of drug-likeness (QED) is 0.693. The Morgan fingerprint density at radius 1 is 1.17 bits per heavy atom. The van der Waals surface area contributed by atoms with Gasteiger partial charge in [-0.15, -0.1) is 11.8 Å². The van der Waals surface area contributed by atoms with Gasteiger partial charge in [-0.2, -0.15) is 0 Å². The normalized spacial score (nSPS) is 11.4. The van der Waals surface area contributed by atoms with Crippen molar-refractivity contribution < 1.29 is 9.52 Å². The van der Waals surface area contributed by atoms with Crippen molar-refractivity contribution in [3.63, 3.8) is 0 Å². The second-order valence-electron chi connectivity index (χ2n) is 6.05. The Morgan fingerprint density at radius 3 is 2.62 bits per heavy atom. The molecule has 2 aromatic carbocycles. The van der Waals surface area contributed by atoms with Gasteiger partial charge >= 0.3 is 0 Å². The number of hydrogen-bond donors (Lipinski definition) is 1. The summed E-state index contributed by atoms with van der Waals surface area (Å²) < 4.78 is 6.09. The third kappa shape index (κ3) is 2.99. The van der Waals surface area contributed by atoms with Gasteiger partial charge in [0, 0.05) is 10.8 Å². The summed E-state index contributed by atoms with van der Waals surface area (Å²) in [4.78, 5) is 14.2. The van der Waals surface area contributed by atoms with Crippen molar-refractivity contribution in [3.8, 4) is 11.1 Å².